The van der Waals surface area contributed by atoms with E-state index in [1.807, 2.05) is 0 Å². The van der Waals surface area contributed by atoms with Crippen LogP contribution in [-0.4, -0.2) is 0 Å². The molecule has 0 aliphatic heterocycles. The van der Waals surface area contributed by atoms with Crippen LogP contribution in [0.3, 0.4) is 0 Å². The van der Waals surface area contributed by atoms with Crippen molar-refractivity contribution in [2.24, 2.45) is 0 Å². The van der Waals surface area contributed by atoms with E-state index in [-0.39, 0.29) is 43.8 Å². The molecule has 0 rings (SSSR count). The van der Waals surface area contributed by atoms with E-state index in [1.54, 1.807) is 0 Å². The molecule has 0 nitrogen and oxygen atoms in total. The molecule has 0 aromatic rings. The van der Waals surface area contributed by atoms with Crippen molar-refractivity contribution in [2.45, 2.75) is 53.4 Å². The summed E-state index contributed by atoms with van der Waals surface area (Å²) >= 11 is 7.39. The SMILES string of the molecule is C.CCCCCCC.I.[CH3-].[I][V]([I])[I]. The van der Waals surface area contributed by atoms with E-state index in [4.69, 9.17) is 0 Å². The van der Waals surface area contributed by atoms with E-state index in [9.17, 15) is 0 Å². The number of unbranched alkanes of at least 4 members (excludes halogenated alkanes) is 4. The molecule has 0 N–H and O–H groups in total. The molecule has 94 valence electrons. The van der Waals surface area contributed by atoms with Crippen LogP contribution in [0, 0.1) is 7.43 Å². The van der Waals surface area contributed by atoms with Crippen LogP contribution in [0.5, 0.6) is 0 Å². The van der Waals surface area contributed by atoms with Crippen LogP contribution in [0.1, 0.15) is 53.4 Å². The fourth-order valence-corrected chi connectivity index (χ4v) is 0.677. The summed E-state index contributed by atoms with van der Waals surface area (Å²) in [6.07, 6.45) is 7.01. The molecule has 0 bridgehead atoms. The molecule has 0 aromatic heterocycles. The Labute approximate surface area is 147 Å². The van der Waals surface area contributed by atoms with Crippen molar-refractivity contribution in [1.29, 1.82) is 0 Å². The van der Waals surface area contributed by atoms with Gasteiger partial charge in [0.1, 0.15) is 0 Å². The van der Waals surface area contributed by atoms with Crippen molar-refractivity contribution in [3.8, 4) is 0 Å². The molecule has 0 atom stereocenters. The summed E-state index contributed by atoms with van der Waals surface area (Å²) in [5.41, 5.74) is 0. The van der Waals surface area contributed by atoms with Gasteiger partial charge in [0.25, 0.3) is 0 Å². The summed E-state index contributed by atoms with van der Waals surface area (Å²) in [5.74, 6) is 0. The molecule has 0 aromatic carbocycles. The second-order valence-electron chi connectivity index (χ2n) is 2.25. The van der Waals surface area contributed by atoms with Crippen LogP contribution in [0.2, 0.25) is 0 Å². The molecular weight excluding hydrogens is 667 g/mol. The Hall–Kier alpha value is 3.50. The molecule has 0 radical (unpaired) electrons. The van der Waals surface area contributed by atoms with Gasteiger partial charge in [0.2, 0.25) is 0 Å². The van der Waals surface area contributed by atoms with Gasteiger partial charge in [-0.15, -0.1) is 24.0 Å². The first-order valence-corrected chi connectivity index (χ1v) is 17.4. The van der Waals surface area contributed by atoms with Gasteiger partial charge in [-0.2, -0.15) is 0 Å². The maximum absolute atomic E-state index is 2.46. The number of rotatable bonds is 4. The number of hydrogen-bond acceptors (Lipinski definition) is 0. The topological polar surface area (TPSA) is 0 Å². The van der Waals surface area contributed by atoms with Crippen molar-refractivity contribution in [3.63, 3.8) is 0 Å². The minimum absolute atomic E-state index is 0. The van der Waals surface area contributed by atoms with Crippen molar-refractivity contribution in [3.05, 3.63) is 7.43 Å². The zero-order chi connectivity index (χ0) is 9.11. The molecule has 0 heterocycles. The molecular formula is C9H24I4V-. The van der Waals surface area contributed by atoms with Gasteiger partial charge in [-0.3, -0.25) is 0 Å². The Morgan fingerprint density at radius 2 is 1.07 bits per heavy atom. The Kier molecular flexibility index (Phi) is 65.3. The molecule has 0 unspecified atom stereocenters. The number of hydrogen-bond donors (Lipinski definition) is 0. The molecule has 0 saturated carbocycles. The number of halogens is 4. The Bertz CT molecular complexity index is 56.0. The predicted molar refractivity (Wildman–Crippen MR) is 105 cm³/mol. The average molecular weight is 691 g/mol. The van der Waals surface area contributed by atoms with Gasteiger partial charge in [-0.1, -0.05) is 53.4 Å². The first-order valence-electron chi connectivity index (χ1n) is 3.92. The second-order valence-corrected chi connectivity index (χ2v) is 37.6. The van der Waals surface area contributed by atoms with Crippen molar-refractivity contribution >= 4 is 83.9 Å². The monoisotopic (exact) mass is 691 g/mol. The standard InChI is InChI=1S/C7H16.CH4.CH3.4HI.V/c1-3-5-7-6-4-2;;;;;;;/h3-7H2,1-2H3;1H4;1H3;4*1H;/q;;-1;;;;;+3/p-3. The summed E-state index contributed by atoms with van der Waals surface area (Å²) in [5, 5.41) is 0. The Balaban J connectivity index is -0.0000000347. The van der Waals surface area contributed by atoms with Crippen LogP contribution >= 0.6 is 83.9 Å². The van der Waals surface area contributed by atoms with Crippen LogP contribution in [0.4, 0.5) is 0 Å². The van der Waals surface area contributed by atoms with E-state index < -0.39 is 0 Å². The first kappa shape index (κ1) is 30.5. The van der Waals surface area contributed by atoms with Gasteiger partial charge in [0, 0.05) is 0 Å². The van der Waals surface area contributed by atoms with Gasteiger partial charge in [-0.25, -0.2) is 0 Å². The maximum atomic E-state index is 2.46. The van der Waals surface area contributed by atoms with Crippen LogP contribution < -0.4 is 0 Å². The van der Waals surface area contributed by atoms with Crippen LogP contribution in [0.15, 0.2) is 0 Å². The van der Waals surface area contributed by atoms with Gasteiger partial charge < -0.3 is 7.43 Å². The van der Waals surface area contributed by atoms with Crippen molar-refractivity contribution in [2.75, 3.05) is 0 Å². The first-order chi connectivity index (χ1) is 5.15. The zero-order valence-corrected chi connectivity index (χ0v) is 18.7. The summed E-state index contributed by atoms with van der Waals surface area (Å²) in [6, 6.07) is 0. The Morgan fingerprint density at radius 1 is 0.857 bits per heavy atom. The summed E-state index contributed by atoms with van der Waals surface area (Å²) in [4.78, 5) is -0.278. The quantitative estimate of drug-likeness (QED) is 0.165. The third kappa shape index (κ3) is 57.9. The van der Waals surface area contributed by atoms with Gasteiger partial charge in [-0.05, 0) is 0 Å². The zero-order valence-electron chi connectivity index (χ0n) is 8.52. The second kappa shape index (κ2) is 30.0. The molecule has 5 heteroatoms. The molecule has 0 fully saturated rings. The van der Waals surface area contributed by atoms with Gasteiger partial charge in [0.05, 0.1) is 0 Å². The molecule has 14 heavy (non-hydrogen) atoms. The molecule has 0 aliphatic carbocycles. The summed E-state index contributed by atoms with van der Waals surface area (Å²) in [7, 11) is 0. The van der Waals surface area contributed by atoms with E-state index in [1.165, 1.54) is 32.1 Å². The summed E-state index contributed by atoms with van der Waals surface area (Å²) < 4.78 is 0. The molecule has 0 saturated heterocycles. The minimum atomic E-state index is -0.278. The average Bonchev–Trinajstić information content (AvgIpc) is 1.88. The van der Waals surface area contributed by atoms with Crippen molar-refractivity contribution < 1.29 is 4.92 Å². The third-order valence-electron chi connectivity index (χ3n) is 1.21. The van der Waals surface area contributed by atoms with E-state index in [0.717, 1.165) is 0 Å². The normalized spacial score (nSPS) is 7.29. The molecule has 0 aliphatic rings. The van der Waals surface area contributed by atoms with E-state index in [2.05, 4.69) is 73.8 Å². The van der Waals surface area contributed by atoms with E-state index >= 15 is 0 Å². The van der Waals surface area contributed by atoms with Gasteiger partial charge in [0.15, 0.2) is 0 Å². The summed E-state index contributed by atoms with van der Waals surface area (Å²) in [6.45, 7) is 4.49. The third-order valence-corrected chi connectivity index (χ3v) is 1.21. The molecule has 0 spiro atoms. The van der Waals surface area contributed by atoms with E-state index in [0.29, 0.717) is 0 Å². The van der Waals surface area contributed by atoms with Crippen LogP contribution in [-0.2, 0) is 4.92 Å². The fraction of sp³-hybridized carbons (Fsp3) is 0.889. The van der Waals surface area contributed by atoms with Gasteiger partial charge >= 0.3 is 64.9 Å². The molecule has 0 amide bonds. The predicted octanol–water partition coefficient (Wildman–Crippen LogP) is 7.34. The Morgan fingerprint density at radius 3 is 1.21 bits per heavy atom. The fourth-order valence-electron chi connectivity index (χ4n) is 0.677. The van der Waals surface area contributed by atoms with Crippen LogP contribution in [0.25, 0.3) is 0 Å². The van der Waals surface area contributed by atoms with Crippen molar-refractivity contribution in [1.82, 2.24) is 0 Å².